The van der Waals surface area contributed by atoms with Gasteiger partial charge in [0.05, 0.1) is 11.2 Å². The Hall–Kier alpha value is -0.830. The maximum Gasteiger partial charge on any atom is 0.159 e. The lowest BCUT2D eigenvalue weighted by molar-refractivity contribution is 0.313. The summed E-state index contributed by atoms with van der Waals surface area (Å²) in [6, 6.07) is 0. The van der Waals surface area contributed by atoms with Crippen LogP contribution in [0.15, 0.2) is 4.52 Å². The molecule has 1 aromatic rings. The third-order valence-electron chi connectivity index (χ3n) is 2.30. The second-order valence-electron chi connectivity index (χ2n) is 4.01. The van der Waals surface area contributed by atoms with Gasteiger partial charge in [-0.15, -0.1) is 0 Å². The van der Waals surface area contributed by atoms with Crippen LogP contribution in [0.2, 0.25) is 0 Å². The number of hydrogen-bond donors (Lipinski definition) is 1. The van der Waals surface area contributed by atoms with Crippen LogP contribution in [0.3, 0.4) is 0 Å². The monoisotopic (exact) mass is 166 g/mol. The van der Waals surface area contributed by atoms with Crippen LogP contribution >= 0.6 is 0 Å². The summed E-state index contributed by atoms with van der Waals surface area (Å²) in [6.45, 7) is 3.90. The Morgan fingerprint density at radius 3 is 2.83 bits per heavy atom. The van der Waals surface area contributed by atoms with Crippen LogP contribution in [-0.2, 0) is 18.4 Å². The average Bonchev–Trinajstić information content (AvgIpc) is 2.37. The molecule has 0 bridgehead atoms. The van der Waals surface area contributed by atoms with Gasteiger partial charge in [-0.25, -0.2) is 0 Å². The summed E-state index contributed by atoms with van der Waals surface area (Å²) in [6.07, 6.45) is 3.32. The van der Waals surface area contributed by atoms with E-state index in [-0.39, 0.29) is 5.54 Å². The quantitative estimate of drug-likeness (QED) is 0.685. The molecule has 3 nitrogen and oxygen atoms in total. The van der Waals surface area contributed by atoms with Crippen molar-refractivity contribution in [3.05, 3.63) is 17.0 Å². The molecule has 0 radical (unpaired) electrons. The molecule has 66 valence electrons. The van der Waals surface area contributed by atoms with Crippen LogP contribution in [0.25, 0.3) is 0 Å². The van der Waals surface area contributed by atoms with E-state index in [1.165, 1.54) is 12.0 Å². The van der Waals surface area contributed by atoms with Crippen LogP contribution in [0.4, 0.5) is 0 Å². The van der Waals surface area contributed by atoms with Gasteiger partial charge < -0.3 is 10.3 Å². The molecule has 2 rings (SSSR count). The third kappa shape index (κ3) is 1.05. The molecule has 1 aliphatic rings. The van der Waals surface area contributed by atoms with Gasteiger partial charge in [0.2, 0.25) is 0 Å². The van der Waals surface area contributed by atoms with E-state index in [0.717, 1.165) is 24.3 Å². The van der Waals surface area contributed by atoms with E-state index in [4.69, 9.17) is 10.3 Å². The minimum atomic E-state index is -0.384. The van der Waals surface area contributed by atoms with Gasteiger partial charge in [-0.2, -0.15) is 0 Å². The summed E-state index contributed by atoms with van der Waals surface area (Å²) >= 11 is 0. The number of hydrogen-bond acceptors (Lipinski definition) is 3. The maximum absolute atomic E-state index is 5.94. The molecule has 0 atom stereocenters. The molecule has 0 aromatic carbocycles. The van der Waals surface area contributed by atoms with Crippen molar-refractivity contribution in [1.29, 1.82) is 0 Å². The molecule has 2 N–H and O–H groups in total. The van der Waals surface area contributed by atoms with E-state index in [9.17, 15) is 0 Å². The fourth-order valence-corrected chi connectivity index (χ4v) is 1.74. The van der Waals surface area contributed by atoms with E-state index in [0.29, 0.717) is 0 Å². The summed E-state index contributed by atoms with van der Waals surface area (Å²) in [5.41, 5.74) is 7.92. The van der Waals surface area contributed by atoms with Crippen LogP contribution in [0.1, 0.15) is 37.3 Å². The molecule has 0 saturated heterocycles. The molecule has 0 spiro atoms. The summed E-state index contributed by atoms with van der Waals surface area (Å²) in [5, 5.41) is 4.01. The number of rotatable bonds is 1. The van der Waals surface area contributed by atoms with E-state index >= 15 is 0 Å². The van der Waals surface area contributed by atoms with Gasteiger partial charge in [-0.05, 0) is 33.1 Å². The summed E-state index contributed by atoms with van der Waals surface area (Å²) in [7, 11) is 0. The first-order chi connectivity index (χ1) is 5.59. The van der Waals surface area contributed by atoms with E-state index in [1.807, 2.05) is 13.8 Å². The molecule has 1 heterocycles. The average molecular weight is 166 g/mol. The Bertz CT molecular complexity index is 296. The fourth-order valence-electron chi connectivity index (χ4n) is 1.74. The van der Waals surface area contributed by atoms with E-state index in [2.05, 4.69) is 5.16 Å². The molecule has 0 fully saturated rings. The Balaban J connectivity index is 2.46. The minimum Gasteiger partial charge on any atom is -0.359 e. The van der Waals surface area contributed by atoms with Crippen molar-refractivity contribution < 1.29 is 4.52 Å². The molecular formula is C9H14N2O. The summed E-state index contributed by atoms with van der Waals surface area (Å²) in [5.74, 6) is 0.870. The predicted molar refractivity (Wildman–Crippen MR) is 45.7 cm³/mol. The van der Waals surface area contributed by atoms with Crippen LogP contribution in [-0.4, -0.2) is 5.16 Å². The van der Waals surface area contributed by atoms with Crippen molar-refractivity contribution in [2.45, 2.75) is 38.6 Å². The van der Waals surface area contributed by atoms with Gasteiger partial charge >= 0.3 is 0 Å². The van der Waals surface area contributed by atoms with E-state index in [1.54, 1.807) is 0 Å². The molecule has 0 aliphatic heterocycles. The Kier molecular flexibility index (Phi) is 1.51. The zero-order valence-electron chi connectivity index (χ0n) is 7.55. The first-order valence-corrected chi connectivity index (χ1v) is 4.36. The molecule has 0 amide bonds. The van der Waals surface area contributed by atoms with Gasteiger partial charge in [0.25, 0.3) is 0 Å². The highest BCUT2D eigenvalue weighted by molar-refractivity contribution is 5.30. The Labute approximate surface area is 71.9 Å². The van der Waals surface area contributed by atoms with Crippen LogP contribution < -0.4 is 5.73 Å². The van der Waals surface area contributed by atoms with Crippen molar-refractivity contribution in [3.63, 3.8) is 0 Å². The van der Waals surface area contributed by atoms with Crippen molar-refractivity contribution in [1.82, 2.24) is 5.16 Å². The van der Waals surface area contributed by atoms with Crippen molar-refractivity contribution in [2.24, 2.45) is 5.73 Å². The van der Waals surface area contributed by atoms with E-state index < -0.39 is 0 Å². The van der Waals surface area contributed by atoms with Gasteiger partial charge in [0.1, 0.15) is 0 Å². The largest absolute Gasteiger partial charge is 0.359 e. The highest BCUT2D eigenvalue weighted by atomic mass is 16.5. The topological polar surface area (TPSA) is 52.0 Å². The first kappa shape index (κ1) is 7.80. The van der Waals surface area contributed by atoms with Crippen LogP contribution in [0.5, 0.6) is 0 Å². The molecule has 0 saturated carbocycles. The van der Waals surface area contributed by atoms with Crippen LogP contribution in [0, 0.1) is 0 Å². The minimum absolute atomic E-state index is 0.384. The zero-order chi connectivity index (χ0) is 8.77. The molecule has 3 heteroatoms. The first-order valence-electron chi connectivity index (χ1n) is 4.36. The van der Waals surface area contributed by atoms with Crippen molar-refractivity contribution in [2.75, 3.05) is 0 Å². The lowest BCUT2D eigenvalue weighted by Crippen LogP contribution is -2.29. The lowest BCUT2D eigenvalue weighted by Gasteiger charge is -2.15. The number of fused-ring (bicyclic) bond motifs is 1. The molecule has 12 heavy (non-hydrogen) atoms. The predicted octanol–water partition coefficient (Wildman–Crippen LogP) is 1.36. The smallest absolute Gasteiger partial charge is 0.159 e. The second-order valence-corrected chi connectivity index (χ2v) is 4.01. The fraction of sp³-hybridized carbons (Fsp3) is 0.667. The molecule has 1 aromatic heterocycles. The van der Waals surface area contributed by atoms with Crippen molar-refractivity contribution >= 4 is 0 Å². The standard InChI is InChI=1S/C9H14N2O/c1-9(2,10)8-6-4-3-5-7(6)11-12-8/h3-5,10H2,1-2H3. The number of aryl methyl sites for hydroxylation is 1. The highest BCUT2D eigenvalue weighted by Gasteiger charge is 2.29. The third-order valence-corrected chi connectivity index (χ3v) is 2.30. The number of nitrogens with zero attached hydrogens (tertiary/aromatic N) is 1. The zero-order valence-corrected chi connectivity index (χ0v) is 7.55. The second kappa shape index (κ2) is 2.33. The molecule has 1 aliphatic carbocycles. The normalized spacial score (nSPS) is 16.6. The van der Waals surface area contributed by atoms with Crippen molar-refractivity contribution in [3.8, 4) is 0 Å². The van der Waals surface area contributed by atoms with Gasteiger partial charge in [-0.3, -0.25) is 0 Å². The van der Waals surface area contributed by atoms with Gasteiger partial charge in [0.15, 0.2) is 5.76 Å². The molecule has 0 unspecified atom stereocenters. The Morgan fingerprint density at radius 2 is 2.17 bits per heavy atom. The highest BCUT2D eigenvalue weighted by Crippen LogP contribution is 2.30. The van der Waals surface area contributed by atoms with Gasteiger partial charge in [-0.1, -0.05) is 5.16 Å². The summed E-state index contributed by atoms with van der Waals surface area (Å²) in [4.78, 5) is 0. The lowest BCUT2D eigenvalue weighted by atomic mass is 9.99. The number of nitrogens with two attached hydrogens (primary N) is 1. The molecular weight excluding hydrogens is 152 g/mol. The maximum atomic E-state index is 5.94. The van der Waals surface area contributed by atoms with Gasteiger partial charge in [0, 0.05) is 5.56 Å². The summed E-state index contributed by atoms with van der Waals surface area (Å²) < 4.78 is 5.23. The SMILES string of the molecule is CC(C)(N)c1onc2c1CCC2. The number of aromatic nitrogens is 1. The Morgan fingerprint density at radius 1 is 1.42 bits per heavy atom.